The highest BCUT2D eigenvalue weighted by Gasteiger charge is 2.37. The molecule has 0 amide bonds. The zero-order chi connectivity index (χ0) is 14.2. The summed E-state index contributed by atoms with van der Waals surface area (Å²) in [5.74, 6) is 0.0342. The number of sulfonamides is 1. The lowest BCUT2D eigenvalue weighted by Crippen LogP contribution is -2.53. The number of ether oxygens (including phenoxy) is 1. The van der Waals surface area contributed by atoms with Crippen molar-refractivity contribution >= 4 is 15.7 Å². The number of β-amino-alcohol motifs (C(OH)–C–C–N with tert-alkyl or cyclic N) is 1. The molecular weight excluding hydrogens is 276 g/mol. The fourth-order valence-electron chi connectivity index (χ4n) is 1.73. The van der Waals surface area contributed by atoms with Gasteiger partial charge in [-0.25, -0.2) is 8.42 Å². The molecule has 1 aliphatic heterocycles. The van der Waals surface area contributed by atoms with Crippen LogP contribution in [0.3, 0.4) is 0 Å². The van der Waals surface area contributed by atoms with Gasteiger partial charge >= 0.3 is 0 Å². The predicted molar refractivity (Wildman–Crippen MR) is 64.4 cm³/mol. The van der Waals surface area contributed by atoms with E-state index in [1.54, 1.807) is 0 Å². The third-order valence-corrected chi connectivity index (χ3v) is 4.66. The Labute approximate surface area is 109 Å². The summed E-state index contributed by atoms with van der Waals surface area (Å²) >= 11 is 0. The number of hydrogen-bond acceptors (Lipinski definition) is 6. The summed E-state index contributed by atoms with van der Waals surface area (Å²) < 4.78 is 30.4. The number of nitro benzene ring substituents is 1. The standard InChI is InChI=1S/C10H12N2O6S/c1-18-9-3-2-7(12(14)15)4-10(9)19(16,17)11-5-8(13)6-11/h2-4,8,13H,5-6H2,1H3. The highest BCUT2D eigenvalue weighted by molar-refractivity contribution is 7.89. The summed E-state index contributed by atoms with van der Waals surface area (Å²) in [5, 5.41) is 19.9. The molecule has 1 heterocycles. The molecule has 1 fully saturated rings. The monoisotopic (exact) mass is 288 g/mol. The summed E-state index contributed by atoms with van der Waals surface area (Å²) in [6, 6.07) is 3.36. The summed E-state index contributed by atoms with van der Waals surface area (Å²) in [6.07, 6.45) is -0.695. The van der Waals surface area contributed by atoms with Gasteiger partial charge in [0.2, 0.25) is 10.0 Å². The molecule has 1 N–H and O–H groups in total. The van der Waals surface area contributed by atoms with Gasteiger partial charge in [-0.05, 0) is 6.07 Å². The first-order valence-electron chi connectivity index (χ1n) is 5.37. The molecule has 2 rings (SSSR count). The van der Waals surface area contributed by atoms with Gasteiger partial charge in [0.05, 0.1) is 18.1 Å². The minimum absolute atomic E-state index is 0.0197. The second-order valence-corrected chi connectivity index (χ2v) is 5.97. The van der Waals surface area contributed by atoms with Crippen LogP contribution < -0.4 is 4.74 Å². The van der Waals surface area contributed by atoms with Crippen LogP contribution in [0.2, 0.25) is 0 Å². The van der Waals surface area contributed by atoms with Gasteiger partial charge in [-0.2, -0.15) is 4.31 Å². The first kappa shape index (κ1) is 13.7. The molecule has 104 valence electrons. The molecule has 0 bridgehead atoms. The van der Waals surface area contributed by atoms with Crippen LogP contribution in [0.1, 0.15) is 0 Å². The van der Waals surface area contributed by atoms with Crippen molar-refractivity contribution in [1.29, 1.82) is 0 Å². The predicted octanol–water partition coefficient (Wildman–Crippen LogP) is -0.0314. The average molecular weight is 288 g/mol. The van der Waals surface area contributed by atoms with Crippen molar-refractivity contribution in [2.24, 2.45) is 0 Å². The first-order chi connectivity index (χ1) is 8.86. The van der Waals surface area contributed by atoms with E-state index in [0.717, 1.165) is 10.4 Å². The summed E-state index contributed by atoms with van der Waals surface area (Å²) in [5.41, 5.74) is -0.333. The average Bonchev–Trinajstić information content (AvgIpc) is 2.34. The zero-order valence-corrected chi connectivity index (χ0v) is 10.8. The lowest BCUT2D eigenvalue weighted by Gasteiger charge is -2.34. The maximum Gasteiger partial charge on any atom is 0.271 e. The number of benzene rings is 1. The molecular formula is C10H12N2O6S. The Morgan fingerprint density at radius 2 is 2.11 bits per heavy atom. The minimum atomic E-state index is -3.89. The van der Waals surface area contributed by atoms with Crippen LogP contribution in [0, 0.1) is 10.1 Å². The molecule has 1 aromatic carbocycles. The van der Waals surface area contributed by atoms with Gasteiger partial charge in [-0.3, -0.25) is 10.1 Å². The van der Waals surface area contributed by atoms with Crippen LogP contribution in [0.4, 0.5) is 5.69 Å². The second kappa shape index (κ2) is 4.76. The molecule has 0 saturated carbocycles. The number of nitrogens with zero attached hydrogens (tertiary/aromatic N) is 2. The van der Waals surface area contributed by atoms with E-state index in [0.29, 0.717) is 0 Å². The van der Waals surface area contributed by atoms with Crippen molar-refractivity contribution in [2.75, 3.05) is 20.2 Å². The van der Waals surface area contributed by atoms with E-state index in [9.17, 15) is 18.5 Å². The van der Waals surface area contributed by atoms with Crippen molar-refractivity contribution in [3.05, 3.63) is 28.3 Å². The molecule has 1 saturated heterocycles. The van der Waals surface area contributed by atoms with Gasteiger partial charge in [0.15, 0.2) is 0 Å². The molecule has 8 nitrogen and oxygen atoms in total. The SMILES string of the molecule is COc1ccc([N+](=O)[O-])cc1S(=O)(=O)N1CC(O)C1. The van der Waals surface area contributed by atoms with Gasteiger partial charge in [0.25, 0.3) is 5.69 Å². The lowest BCUT2D eigenvalue weighted by molar-refractivity contribution is -0.385. The Balaban J connectivity index is 2.47. The Hall–Kier alpha value is -1.71. The lowest BCUT2D eigenvalue weighted by atomic mass is 10.2. The fourth-order valence-corrected chi connectivity index (χ4v) is 3.42. The molecule has 0 aromatic heterocycles. The Kier molecular flexibility index (Phi) is 3.43. The summed E-state index contributed by atoms with van der Waals surface area (Å²) in [4.78, 5) is 9.76. The van der Waals surface area contributed by atoms with Crippen molar-refractivity contribution in [3.8, 4) is 5.75 Å². The van der Waals surface area contributed by atoms with Crippen LogP contribution in [0.25, 0.3) is 0 Å². The van der Waals surface area contributed by atoms with E-state index in [-0.39, 0.29) is 29.4 Å². The van der Waals surface area contributed by atoms with Crippen LogP contribution in [-0.4, -0.2) is 49.1 Å². The van der Waals surface area contributed by atoms with E-state index >= 15 is 0 Å². The molecule has 19 heavy (non-hydrogen) atoms. The summed E-state index contributed by atoms with van der Waals surface area (Å²) in [6.45, 7) is -0.0393. The number of methoxy groups -OCH3 is 1. The molecule has 0 spiro atoms. The number of rotatable bonds is 4. The van der Waals surface area contributed by atoms with Gasteiger partial charge in [-0.15, -0.1) is 0 Å². The zero-order valence-electron chi connectivity index (χ0n) is 10.0. The fraction of sp³-hybridized carbons (Fsp3) is 0.400. The van der Waals surface area contributed by atoms with Crippen LogP contribution in [0.15, 0.2) is 23.1 Å². The maximum atomic E-state index is 12.2. The molecule has 1 aliphatic rings. The highest BCUT2D eigenvalue weighted by Crippen LogP contribution is 2.32. The minimum Gasteiger partial charge on any atom is -0.495 e. The normalized spacial score (nSPS) is 16.9. The van der Waals surface area contributed by atoms with Gasteiger partial charge in [-0.1, -0.05) is 0 Å². The highest BCUT2D eigenvalue weighted by atomic mass is 32.2. The maximum absolute atomic E-state index is 12.2. The van der Waals surface area contributed by atoms with Crippen molar-refractivity contribution in [1.82, 2.24) is 4.31 Å². The molecule has 0 aliphatic carbocycles. The smallest absolute Gasteiger partial charge is 0.271 e. The third-order valence-electron chi connectivity index (χ3n) is 2.80. The Bertz CT molecular complexity index is 608. The molecule has 9 heteroatoms. The van der Waals surface area contributed by atoms with E-state index in [4.69, 9.17) is 9.84 Å². The van der Waals surface area contributed by atoms with E-state index in [1.807, 2.05) is 0 Å². The number of nitro groups is 1. The number of hydrogen-bond donors (Lipinski definition) is 1. The number of non-ortho nitro benzene ring substituents is 1. The number of aliphatic hydroxyl groups is 1. The van der Waals surface area contributed by atoms with Crippen LogP contribution >= 0.6 is 0 Å². The third kappa shape index (κ3) is 2.39. The van der Waals surface area contributed by atoms with E-state index in [1.165, 1.54) is 19.2 Å². The quantitative estimate of drug-likeness (QED) is 0.615. The largest absolute Gasteiger partial charge is 0.495 e. The van der Waals surface area contributed by atoms with Crippen molar-refractivity contribution in [3.63, 3.8) is 0 Å². The molecule has 0 atom stereocenters. The topological polar surface area (TPSA) is 110 Å². The van der Waals surface area contributed by atoms with Gasteiger partial charge < -0.3 is 9.84 Å². The van der Waals surface area contributed by atoms with Gasteiger partial charge in [0.1, 0.15) is 10.6 Å². The second-order valence-electron chi connectivity index (χ2n) is 4.07. The van der Waals surface area contributed by atoms with E-state index in [2.05, 4.69) is 0 Å². The Morgan fingerprint density at radius 1 is 1.47 bits per heavy atom. The molecule has 1 aromatic rings. The summed E-state index contributed by atoms with van der Waals surface area (Å²) in [7, 11) is -2.61. The van der Waals surface area contributed by atoms with Gasteiger partial charge in [0, 0.05) is 25.2 Å². The Morgan fingerprint density at radius 3 is 2.58 bits per heavy atom. The van der Waals surface area contributed by atoms with E-state index < -0.39 is 21.1 Å². The van der Waals surface area contributed by atoms with Crippen molar-refractivity contribution < 1.29 is 23.2 Å². The molecule has 0 unspecified atom stereocenters. The molecule has 0 radical (unpaired) electrons. The van der Waals surface area contributed by atoms with Crippen molar-refractivity contribution in [2.45, 2.75) is 11.0 Å². The first-order valence-corrected chi connectivity index (χ1v) is 6.81. The number of aliphatic hydroxyl groups excluding tert-OH is 1. The van der Waals surface area contributed by atoms with Crippen LogP contribution in [-0.2, 0) is 10.0 Å². The van der Waals surface area contributed by atoms with Crippen LogP contribution in [0.5, 0.6) is 5.75 Å².